The number of nitrogens with zero attached hydrogens (tertiary/aromatic N) is 5. The maximum absolute atomic E-state index is 12.7. The Bertz CT molecular complexity index is 1390. The van der Waals surface area contributed by atoms with Crippen LogP contribution < -0.4 is 16.1 Å². The van der Waals surface area contributed by atoms with Crippen LogP contribution in [0, 0.1) is 10.1 Å². The molecule has 10 nitrogen and oxygen atoms in total. The van der Waals surface area contributed by atoms with Crippen LogP contribution >= 0.6 is 12.4 Å². The van der Waals surface area contributed by atoms with Gasteiger partial charge in [-0.3, -0.25) is 33.7 Å². The van der Waals surface area contributed by atoms with E-state index in [0.717, 1.165) is 30.6 Å². The fourth-order valence-electron chi connectivity index (χ4n) is 4.56. The van der Waals surface area contributed by atoms with Gasteiger partial charge in [0, 0.05) is 69.1 Å². The Hall–Kier alpha value is -3.76. The van der Waals surface area contributed by atoms with E-state index in [2.05, 4.69) is 4.90 Å². The fourth-order valence-corrected chi connectivity index (χ4v) is 4.56. The first-order chi connectivity index (χ1) is 17.3. The van der Waals surface area contributed by atoms with E-state index in [0.29, 0.717) is 42.0 Å². The van der Waals surface area contributed by atoms with E-state index in [1.165, 1.54) is 23.7 Å². The highest BCUT2D eigenvalue weighted by Gasteiger charge is 2.21. The van der Waals surface area contributed by atoms with Crippen LogP contribution in [0.3, 0.4) is 0 Å². The van der Waals surface area contributed by atoms with Gasteiger partial charge >= 0.3 is 5.69 Å². The van der Waals surface area contributed by atoms with Crippen LogP contribution in [0.1, 0.15) is 27.9 Å². The summed E-state index contributed by atoms with van der Waals surface area (Å²) in [5.74, 6) is 0.375. The first-order valence-corrected chi connectivity index (χ1v) is 11.9. The normalized spacial score (nSPS) is 13.7. The highest BCUT2D eigenvalue weighted by atomic mass is 35.5. The molecule has 1 aromatic heterocycles. The average molecular weight is 528 g/mol. The Balaban J connectivity index is 0.00000380. The van der Waals surface area contributed by atoms with Crippen molar-refractivity contribution in [3.63, 3.8) is 0 Å². The van der Waals surface area contributed by atoms with Crippen LogP contribution in [0.5, 0.6) is 0 Å². The second-order valence-electron chi connectivity index (χ2n) is 8.97. The molecule has 1 aliphatic rings. The zero-order valence-electron chi connectivity index (χ0n) is 20.8. The zero-order valence-corrected chi connectivity index (χ0v) is 21.6. The maximum Gasteiger partial charge on any atom is 0.332 e. The minimum absolute atomic E-state index is 0. The van der Waals surface area contributed by atoms with Crippen molar-refractivity contribution in [2.24, 2.45) is 14.1 Å². The largest absolute Gasteiger partial charge is 0.355 e. The topological polar surface area (TPSA) is 111 Å². The molecule has 1 fully saturated rings. The lowest BCUT2D eigenvalue weighted by atomic mass is 9.99. The van der Waals surface area contributed by atoms with Crippen molar-refractivity contribution < 1.29 is 9.72 Å². The number of carbonyl (C=O) groups excluding carboxylic acids is 1. The molecule has 2 aromatic carbocycles. The molecule has 0 N–H and O–H groups in total. The second kappa shape index (κ2) is 12.0. The molecule has 0 saturated carbocycles. The third-order valence-electron chi connectivity index (χ3n) is 6.70. The summed E-state index contributed by atoms with van der Waals surface area (Å²) >= 11 is 0. The highest BCUT2D eigenvalue weighted by molar-refractivity contribution is 6.09. The fraction of sp³-hybridized carbons (Fsp3) is 0.346. The molecule has 0 bridgehead atoms. The lowest BCUT2D eigenvalue weighted by Gasteiger charge is -2.36. The summed E-state index contributed by atoms with van der Waals surface area (Å²) in [7, 11) is 3.13. The van der Waals surface area contributed by atoms with Crippen molar-refractivity contribution in [2.75, 3.05) is 37.6 Å². The van der Waals surface area contributed by atoms with E-state index >= 15 is 0 Å². The Morgan fingerprint density at radius 2 is 1.59 bits per heavy atom. The minimum atomic E-state index is -0.426. The van der Waals surface area contributed by atoms with Gasteiger partial charge < -0.3 is 4.90 Å². The molecule has 0 amide bonds. The molecule has 196 valence electrons. The number of ketones is 1. The monoisotopic (exact) mass is 527 g/mol. The van der Waals surface area contributed by atoms with Gasteiger partial charge in [0.1, 0.15) is 5.82 Å². The van der Waals surface area contributed by atoms with E-state index in [-0.39, 0.29) is 35.1 Å². The molecule has 0 unspecified atom stereocenters. The molecule has 0 aliphatic carbocycles. The summed E-state index contributed by atoms with van der Waals surface area (Å²) < 4.78 is 2.57. The van der Waals surface area contributed by atoms with Crippen LogP contribution in [0.4, 0.5) is 11.5 Å². The predicted octanol–water partition coefficient (Wildman–Crippen LogP) is 2.40. The molecule has 0 spiro atoms. The number of hydrogen-bond acceptors (Lipinski definition) is 7. The first kappa shape index (κ1) is 27.8. The van der Waals surface area contributed by atoms with Crippen LogP contribution in [0.2, 0.25) is 0 Å². The van der Waals surface area contributed by atoms with Gasteiger partial charge in [0.15, 0.2) is 5.78 Å². The summed E-state index contributed by atoms with van der Waals surface area (Å²) in [6.07, 6.45) is 1.26. The predicted molar refractivity (Wildman–Crippen MR) is 144 cm³/mol. The zero-order chi connectivity index (χ0) is 25.8. The molecule has 1 saturated heterocycles. The third-order valence-corrected chi connectivity index (χ3v) is 6.70. The molecule has 0 atom stereocenters. The van der Waals surface area contributed by atoms with Crippen LogP contribution in [0.15, 0.2) is 64.2 Å². The van der Waals surface area contributed by atoms with Crippen molar-refractivity contribution in [1.82, 2.24) is 14.0 Å². The van der Waals surface area contributed by atoms with Gasteiger partial charge in [-0.05, 0) is 19.4 Å². The Morgan fingerprint density at radius 3 is 2.24 bits per heavy atom. The molecule has 0 radical (unpaired) electrons. The van der Waals surface area contributed by atoms with Gasteiger partial charge in [0.05, 0.1) is 4.92 Å². The molecule has 37 heavy (non-hydrogen) atoms. The van der Waals surface area contributed by atoms with Crippen molar-refractivity contribution in [3.05, 3.63) is 102 Å². The number of rotatable bonds is 8. The number of piperazine rings is 1. The maximum atomic E-state index is 12.7. The molecule has 3 aromatic rings. The summed E-state index contributed by atoms with van der Waals surface area (Å²) in [5.41, 5.74) is 0.700. The number of benzene rings is 2. The lowest BCUT2D eigenvalue weighted by Crippen LogP contribution is -2.49. The standard InChI is InChI=1S/C26H29N5O5.ClH/c1-27-23(18-24(32)28(2)26(27)34)30-15-13-29(14-16-30)12-6-9-19-10-11-21(17-22(19)31(35)36)25(33)20-7-4-3-5-8-20;/h3-5,7-8,10-11,17-18H,6,9,12-16H2,1-2H3;1H. The Kier molecular flexibility index (Phi) is 9.01. The quantitative estimate of drug-likeness (QED) is 0.251. The van der Waals surface area contributed by atoms with Gasteiger partial charge in [-0.25, -0.2) is 4.79 Å². The van der Waals surface area contributed by atoms with Crippen LogP contribution in [-0.2, 0) is 20.5 Å². The first-order valence-electron chi connectivity index (χ1n) is 11.9. The van der Waals surface area contributed by atoms with Gasteiger partial charge in [-0.2, -0.15) is 0 Å². The summed E-state index contributed by atoms with van der Waals surface area (Å²) in [5, 5.41) is 11.7. The third kappa shape index (κ3) is 6.15. The SMILES string of the molecule is Cl.Cn1c(N2CCN(CCCc3ccc(C(=O)c4ccccc4)cc3[N+](=O)[O-])CC2)cc(=O)n(C)c1=O. The van der Waals surface area contributed by atoms with E-state index in [1.54, 1.807) is 43.4 Å². The minimum Gasteiger partial charge on any atom is -0.355 e. The smallest absolute Gasteiger partial charge is 0.332 e. The lowest BCUT2D eigenvalue weighted by molar-refractivity contribution is -0.385. The number of aryl methyl sites for hydroxylation is 1. The molecule has 4 rings (SSSR count). The van der Waals surface area contributed by atoms with Gasteiger partial charge in [0.25, 0.3) is 11.2 Å². The summed E-state index contributed by atoms with van der Waals surface area (Å²) in [6.45, 7) is 3.64. The number of anilines is 1. The number of halogens is 1. The number of hydrogen-bond donors (Lipinski definition) is 0. The van der Waals surface area contributed by atoms with E-state index in [9.17, 15) is 24.5 Å². The highest BCUT2D eigenvalue weighted by Crippen LogP contribution is 2.24. The number of nitro benzene ring substituents is 1. The van der Waals surface area contributed by atoms with Crippen molar-refractivity contribution in [1.29, 1.82) is 0 Å². The van der Waals surface area contributed by atoms with E-state index in [4.69, 9.17) is 0 Å². The number of carbonyl (C=O) groups is 1. The van der Waals surface area contributed by atoms with Crippen molar-refractivity contribution in [2.45, 2.75) is 12.8 Å². The Labute approximate surface area is 220 Å². The molecule has 11 heteroatoms. The van der Waals surface area contributed by atoms with Crippen LogP contribution in [0.25, 0.3) is 0 Å². The molecular formula is C26H30ClN5O5. The van der Waals surface area contributed by atoms with Gasteiger partial charge in [0.2, 0.25) is 0 Å². The molecule has 2 heterocycles. The number of nitro groups is 1. The number of aromatic nitrogens is 2. The second-order valence-corrected chi connectivity index (χ2v) is 8.97. The molecule has 1 aliphatic heterocycles. The summed E-state index contributed by atoms with van der Waals surface area (Å²) in [6, 6.07) is 14.9. The van der Waals surface area contributed by atoms with Crippen molar-refractivity contribution in [3.8, 4) is 0 Å². The van der Waals surface area contributed by atoms with Crippen LogP contribution in [-0.4, -0.2) is 57.5 Å². The van der Waals surface area contributed by atoms with Gasteiger partial charge in [-0.1, -0.05) is 42.5 Å². The van der Waals surface area contributed by atoms with E-state index < -0.39 is 4.92 Å². The van der Waals surface area contributed by atoms with Gasteiger partial charge in [-0.15, -0.1) is 12.4 Å². The molecular weight excluding hydrogens is 498 g/mol. The summed E-state index contributed by atoms with van der Waals surface area (Å²) in [4.78, 5) is 52.5. The average Bonchev–Trinajstić information content (AvgIpc) is 2.90. The van der Waals surface area contributed by atoms with Crippen molar-refractivity contribution >= 4 is 29.7 Å². The van der Waals surface area contributed by atoms with E-state index in [1.807, 2.05) is 11.0 Å². The Morgan fingerprint density at radius 1 is 0.919 bits per heavy atom.